The van der Waals surface area contributed by atoms with Gasteiger partial charge in [0.05, 0.1) is 0 Å². The molecule has 0 unspecified atom stereocenters. The van der Waals surface area contributed by atoms with Gasteiger partial charge in [-0.15, -0.1) is 0 Å². The minimum absolute atomic E-state index is 0.129. The molecule has 0 saturated carbocycles. The monoisotopic (exact) mass is 474 g/mol. The van der Waals surface area contributed by atoms with Crippen LogP contribution < -0.4 is 5.32 Å². The summed E-state index contributed by atoms with van der Waals surface area (Å²) in [6.45, 7) is 0. The maximum absolute atomic E-state index is 10.4. The van der Waals surface area contributed by atoms with Crippen molar-refractivity contribution in [1.29, 1.82) is 0 Å². The quantitative estimate of drug-likeness (QED) is 0.443. The molecule has 0 aromatic heterocycles. The van der Waals surface area contributed by atoms with Crippen LogP contribution in [0.4, 0.5) is 0 Å². The molecular weight excluding hydrogens is 459 g/mol. The Hall–Kier alpha value is -1.85. The molecule has 2 atom stereocenters. The van der Waals surface area contributed by atoms with Gasteiger partial charge in [0.1, 0.15) is 11.9 Å². The van der Waals surface area contributed by atoms with Crippen LogP contribution in [0.3, 0.4) is 0 Å². The predicted molar refractivity (Wildman–Crippen MR) is 118 cm³/mol. The van der Waals surface area contributed by atoms with Crippen LogP contribution in [0.25, 0.3) is 0 Å². The molecule has 0 fully saturated rings. The van der Waals surface area contributed by atoms with E-state index in [0.717, 1.165) is 26.9 Å². The Bertz CT molecular complexity index is 1020. The Morgan fingerprint density at radius 1 is 0.929 bits per heavy atom. The molecule has 0 bridgehead atoms. The first-order valence-corrected chi connectivity index (χ1v) is 10.4. The van der Waals surface area contributed by atoms with E-state index in [1.54, 1.807) is 18.2 Å². The molecular formula is C22H17BrCl2N2O. The number of rotatable bonds is 3. The van der Waals surface area contributed by atoms with Crippen molar-refractivity contribution in [2.45, 2.75) is 18.6 Å². The Morgan fingerprint density at radius 2 is 1.61 bits per heavy atom. The topological polar surface area (TPSA) is 44.6 Å². The summed E-state index contributed by atoms with van der Waals surface area (Å²) < 4.78 is 1.02. The normalized spacial score (nSPS) is 19.3. The summed E-state index contributed by atoms with van der Waals surface area (Å²) in [5, 5.41) is 15.2. The minimum Gasteiger partial charge on any atom is -0.508 e. The first-order chi connectivity index (χ1) is 13.5. The lowest BCUT2D eigenvalue weighted by atomic mass is 9.93. The number of hydrogen-bond acceptors (Lipinski definition) is 3. The van der Waals surface area contributed by atoms with E-state index >= 15 is 0 Å². The average Bonchev–Trinajstić information content (AvgIpc) is 2.70. The molecule has 0 amide bonds. The van der Waals surface area contributed by atoms with Gasteiger partial charge in [-0.25, -0.2) is 0 Å². The van der Waals surface area contributed by atoms with E-state index in [0.29, 0.717) is 16.5 Å². The van der Waals surface area contributed by atoms with E-state index < -0.39 is 0 Å². The van der Waals surface area contributed by atoms with Gasteiger partial charge < -0.3 is 5.11 Å². The summed E-state index contributed by atoms with van der Waals surface area (Å²) in [5.41, 5.74) is 3.78. The SMILES string of the molecule is Oc1ccc(Cl)cc1[C@@H]1CC(c2ccc(Br)cc2)=N[C@@H](c2ccc(Cl)cc2)N1. The molecule has 0 saturated heterocycles. The van der Waals surface area contributed by atoms with E-state index in [9.17, 15) is 5.11 Å². The highest BCUT2D eigenvalue weighted by molar-refractivity contribution is 9.10. The van der Waals surface area contributed by atoms with E-state index in [4.69, 9.17) is 28.2 Å². The molecule has 0 radical (unpaired) electrons. The Morgan fingerprint density at radius 3 is 2.32 bits per heavy atom. The largest absolute Gasteiger partial charge is 0.508 e. The molecule has 1 aliphatic rings. The second kappa shape index (κ2) is 8.26. The first-order valence-electron chi connectivity index (χ1n) is 8.82. The van der Waals surface area contributed by atoms with Crippen LogP contribution in [0, 0.1) is 0 Å². The van der Waals surface area contributed by atoms with Gasteiger partial charge in [0.25, 0.3) is 0 Å². The zero-order chi connectivity index (χ0) is 19.7. The molecule has 2 N–H and O–H groups in total. The van der Waals surface area contributed by atoms with Crippen molar-refractivity contribution in [3.8, 4) is 5.75 Å². The number of hydrogen-bond donors (Lipinski definition) is 2. The number of phenolic OH excluding ortho intramolecular Hbond substituents is 1. The molecule has 4 rings (SSSR count). The van der Waals surface area contributed by atoms with Crippen LogP contribution in [0.1, 0.15) is 35.3 Å². The summed E-state index contributed by atoms with van der Waals surface area (Å²) >= 11 is 15.7. The number of nitrogens with one attached hydrogen (secondary N) is 1. The lowest BCUT2D eigenvalue weighted by Crippen LogP contribution is -2.33. The zero-order valence-corrected chi connectivity index (χ0v) is 17.8. The van der Waals surface area contributed by atoms with Crippen LogP contribution >= 0.6 is 39.1 Å². The number of aliphatic imine (C=N–C) groups is 1. The predicted octanol–water partition coefficient (Wildman–Crippen LogP) is 6.68. The zero-order valence-electron chi connectivity index (χ0n) is 14.7. The van der Waals surface area contributed by atoms with E-state index in [-0.39, 0.29) is 18.0 Å². The fourth-order valence-electron chi connectivity index (χ4n) is 3.34. The maximum Gasteiger partial charge on any atom is 0.126 e. The molecule has 0 aliphatic carbocycles. The molecule has 1 aliphatic heterocycles. The fraction of sp³-hybridized carbons (Fsp3) is 0.136. The Labute approximate surface area is 182 Å². The standard InChI is InChI=1S/C22H17BrCl2N2O/c23-15-5-1-13(2-6-15)19-12-20(18-11-17(25)9-10-21(18)28)27-22(26-19)14-3-7-16(24)8-4-14/h1-11,20,22,27-28H,12H2/t20-,22+/m0/s1. The van der Waals surface area contributed by atoms with Gasteiger partial charge in [0.15, 0.2) is 0 Å². The van der Waals surface area contributed by atoms with E-state index in [1.165, 1.54) is 0 Å². The maximum atomic E-state index is 10.4. The van der Waals surface area contributed by atoms with Crippen LogP contribution in [0.5, 0.6) is 5.75 Å². The van der Waals surface area contributed by atoms with E-state index in [1.807, 2.05) is 48.5 Å². The first kappa shape index (κ1) is 19.5. The number of aromatic hydroxyl groups is 1. The van der Waals surface area contributed by atoms with Crippen molar-refractivity contribution >= 4 is 44.8 Å². The minimum atomic E-state index is -0.256. The van der Waals surface area contributed by atoms with Crippen molar-refractivity contribution in [2.75, 3.05) is 0 Å². The summed E-state index contributed by atoms with van der Waals surface area (Å²) in [6, 6.07) is 20.7. The van der Waals surface area contributed by atoms with Gasteiger partial charge in [-0.2, -0.15) is 0 Å². The third-order valence-corrected chi connectivity index (χ3v) is 5.79. The number of nitrogens with zero attached hydrogens (tertiary/aromatic N) is 1. The van der Waals surface area contributed by atoms with Gasteiger partial charge in [-0.05, 0) is 53.6 Å². The van der Waals surface area contributed by atoms with Crippen LogP contribution in [0.15, 0.2) is 76.2 Å². The van der Waals surface area contributed by atoms with Crippen LogP contribution in [-0.2, 0) is 0 Å². The molecule has 1 heterocycles. The second-order valence-electron chi connectivity index (χ2n) is 6.66. The smallest absolute Gasteiger partial charge is 0.126 e. The van der Waals surface area contributed by atoms with Crippen LogP contribution in [0.2, 0.25) is 10.0 Å². The third kappa shape index (κ3) is 4.26. The van der Waals surface area contributed by atoms with Gasteiger partial charge in [0.2, 0.25) is 0 Å². The molecule has 3 aromatic rings. The average molecular weight is 476 g/mol. The summed E-state index contributed by atoms with van der Waals surface area (Å²) in [7, 11) is 0. The molecule has 142 valence electrons. The van der Waals surface area contributed by atoms with Crippen molar-refractivity contribution in [2.24, 2.45) is 4.99 Å². The van der Waals surface area contributed by atoms with Gasteiger partial charge >= 0.3 is 0 Å². The van der Waals surface area contributed by atoms with Crippen molar-refractivity contribution in [3.05, 3.63) is 97.9 Å². The molecule has 3 aromatic carbocycles. The fourth-order valence-corrected chi connectivity index (χ4v) is 3.91. The molecule has 0 spiro atoms. The molecule has 28 heavy (non-hydrogen) atoms. The number of benzene rings is 3. The highest BCUT2D eigenvalue weighted by Crippen LogP contribution is 2.36. The number of halogens is 3. The summed E-state index contributed by atoms with van der Waals surface area (Å²) in [6.07, 6.45) is 0.382. The molecule has 3 nitrogen and oxygen atoms in total. The van der Waals surface area contributed by atoms with Crippen molar-refractivity contribution in [3.63, 3.8) is 0 Å². The number of phenols is 1. The second-order valence-corrected chi connectivity index (χ2v) is 8.45. The lowest BCUT2D eigenvalue weighted by Gasteiger charge is -2.31. The van der Waals surface area contributed by atoms with Crippen molar-refractivity contribution < 1.29 is 5.11 Å². The van der Waals surface area contributed by atoms with Crippen LogP contribution in [-0.4, -0.2) is 10.8 Å². The molecule has 6 heteroatoms. The highest BCUT2D eigenvalue weighted by Gasteiger charge is 2.27. The highest BCUT2D eigenvalue weighted by atomic mass is 79.9. The third-order valence-electron chi connectivity index (χ3n) is 4.77. The van der Waals surface area contributed by atoms with E-state index in [2.05, 4.69) is 21.2 Å². The van der Waals surface area contributed by atoms with Crippen molar-refractivity contribution in [1.82, 2.24) is 5.32 Å². The summed E-state index contributed by atoms with van der Waals surface area (Å²) in [5.74, 6) is 0.216. The van der Waals surface area contributed by atoms with Gasteiger partial charge in [0, 0.05) is 38.3 Å². The lowest BCUT2D eigenvalue weighted by molar-refractivity contribution is 0.413. The van der Waals surface area contributed by atoms with Gasteiger partial charge in [-0.1, -0.05) is 63.4 Å². The Balaban J connectivity index is 1.76. The Kier molecular flexibility index (Phi) is 5.74. The summed E-state index contributed by atoms with van der Waals surface area (Å²) in [4.78, 5) is 4.94. The van der Waals surface area contributed by atoms with Gasteiger partial charge in [-0.3, -0.25) is 10.3 Å².